The zero-order chi connectivity index (χ0) is 15.9. The maximum atomic E-state index is 12.1. The van der Waals surface area contributed by atoms with Gasteiger partial charge in [0, 0.05) is 17.8 Å². The molecule has 0 saturated carbocycles. The average molecular weight is 298 g/mol. The summed E-state index contributed by atoms with van der Waals surface area (Å²) < 4.78 is 5.62. The Morgan fingerprint density at radius 2 is 1.86 bits per heavy atom. The Morgan fingerprint density at radius 1 is 1.14 bits per heavy atom. The van der Waals surface area contributed by atoms with Gasteiger partial charge >= 0.3 is 0 Å². The lowest BCUT2D eigenvalue weighted by Gasteiger charge is -2.09. The lowest BCUT2D eigenvalue weighted by atomic mass is 10.1. The molecule has 0 atom stereocenters. The van der Waals surface area contributed by atoms with Crippen LogP contribution in [0.3, 0.4) is 0 Å². The molecule has 2 aromatic carbocycles. The zero-order valence-corrected chi connectivity index (χ0v) is 13.1. The van der Waals surface area contributed by atoms with Gasteiger partial charge in [-0.15, -0.1) is 0 Å². The van der Waals surface area contributed by atoms with Crippen molar-refractivity contribution in [2.45, 2.75) is 20.3 Å². The third kappa shape index (κ3) is 4.52. The lowest BCUT2D eigenvalue weighted by Crippen LogP contribution is -2.26. The first-order chi connectivity index (χ1) is 10.6. The van der Waals surface area contributed by atoms with Gasteiger partial charge in [0.25, 0.3) is 5.91 Å². The summed E-state index contributed by atoms with van der Waals surface area (Å²) in [7, 11) is 0. The molecule has 0 aliphatic heterocycles. The number of carbonyl (C=O) groups is 1. The molecule has 0 aromatic heterocycles. The number of nitrogen functional groups attached to an aromatic ring is 1. The van der Waals surface area contributed by atoms with Crippen LogP contribution < -0.4 is 15.8 Å². The van der Waals surface area contributed by atoms with Crippen LogP contribution in [0.15, 0.2) is 42.5 Å². The third-order valence-electron chi connectivity index (χ3n) is 3.40. The molecule has 0 bridgehead atoms. The maximum Gasteiger partial charge on any atom is 0.251 e. The second kappa shape index (κ2) is 7.50. The molecular formula is C18H22N2O2. The van der Waals surface area contributed by atoms with Gasteiger partial charge in [0.1, 0.15) is 5.75 Å². The molecule has 4 heteroatoms. The molecule has 0 aliphatic rings. The number of aryl methyl sites for hydroxylation is 2. The van der Waals surface area contributed by atoms with Crippen LogP contribution >= 0.6 is 0 Å². The Labute approximate surface area is 131 Å². The Kier molecular flexibility index (Phi) is 5.42. The topological polar surface area (TPSA) is 64.3 Å². The number of rotatable bonds is 6. The summed E-state index contributed by atoms with van der Waals surface area (Å²) in [6, 6.07) is 13.3. The molecule has 22 heavy (non-hydrogen) atoms. The Hall–Kier alpha value is -2.49. The molecule has 2 aromatic rings. The number of hydrogen-bond acceptors (Lipinski definition) is 3. The van der Waals surface area contributed by atoms with Gasteiger partial charge in [0.15, 0.2) is 0 Å². The van der Waals surface area contributed by atoms with Crippen molar-refractivity contribution >= 4 is 11.6 Å². The van der Waals surface area contributed by atoms with Gasteiger partial charge in [-0.2, -0.15) is 0 Å². The molecule has 0 aliphatic carbocycles. The van der Waals surface area contributed by atoms with E-state index in [1.54, 1.807) is 12.1 Å². The van der Waals surface area contributed by atoms with Crippen molar-refractivity contribution in [3.8, 4) is 5.75 Å². The minimum absolute atomic E-state index is 0.0971. The quantitative estimate of drug-likeness (QED) is 0.636. The molecule has 0 saturated heterocycles. The van der Waals surface area contributed by atoms with Gasteiger partial charge in [-0.05, 0) is 50.1 Å². The summed E-state index contributed by atoms with van der Waals surface area (Å²) in [5, 5.41) is 2.89. The largest absolute Gasteiger partial charge is 0.494 e. The number of amides is 1. The molecule has 0 spiro atoms. The number of carbonyl (C=O) groups excluding carboxylic acids is 1. The van der Waals surface area contributed by atoms with Gasteiger partial charge < -0.3 is 15.8 Å². The number of nitrogens with one attached hydrogen (secondary N) is 1. The normalized spacial score (nSPS) is 10.3. The van der Waals surface area contributed by atoms with Crippen LogP contribution in [0.25, 0.3) is 0 Å². The number of anilines is 1. The molecule has 4 nitrogen and oxygen atoms in total. The molecule has 0 unspecified atom stereocenters. The Morgan fingerprint density at radius 3 is 2.59 bits per heavy atom. The predicted molar refractivity (Wildman–Crippen MR) is 89.2 cm³/mol. The van der Waals surface area contributed by atoms with Crippen LogP contribution in [0.2, 0.25) is 0 Å². The molecule has 0 fully saturated rings. The van der Waals surface area contributed by atoms with Gasteiger partial charge in [-0.3, -0.25) is 4.79 Å². The molecular weight excluding hydrogens is 276 g/mol. The van der Waals surface area contributed by atoms with Gasteiger partial charge in [0.2, 0.25) is 0 Å². The van der Waals surface area contributed by atoms with Crippen molar-refractivity contribution in [3.63, 3.8) is 0 Å². The maximum absolute atomic E-state index is 12.1. The number of hydrogen-bond donors (Lipinski definition) is 2. The van der Waals surface area contributed by atoms with E-state index in [4.69, 9.17) is 10.5 Å². The molecule has 3 N–H and O–H groups in total. The molecule has 1 amide bonds. The van der Waals surface area contributed by atoms with Crippen molar-refractivity contribution in [1.82, 2.24) is 5.32 Å². The first kappa shape index (κ1) is 15.9. The fraction of sp³-hybridized carbons (Fsp3) is 0.278. The minimum atomic E-state index is -0.0971. The number of ether oxygens (including phenoxy) is 1. The minimum Gasteiger partial charge on any atom is -0.494 e. The SMILES string of the molecule is Cc1ccc(OCCCNC(=O)c2cc(N)ccc2C)cc1. The fourth-order valence-corrected chi connectivity index (χ4v) is 2.08. The predicted octanol–water partition coefficient (Wildman–Crippen LogP) is 3.08. The van der Waals surface area contributed by atoms with Crippen molar-refractivity contribution in [3.05, 3.63) is 59.2 Å². The summed E-state index contributed by atoms with van der Waals surface area (Å²) >= 11 is 0. The average Bonchev–Trinajstić information content (AvgIpc) is 2.51. The number of benzene rings is 2. The first-order valence-corrected chi connectivity index (χ1v) is 7.40. The highest BCUT2D eigenvalue weighted by Crippen LogP contribution is 2.13. The monoisotopic (exact) mass is 298 g/mol. The van der Waals surface area contributed by atoms with E-state index in [0.29, 0.717) is 24.4 Å². The van der Waals surface area contributed by atoms with Gasteiger partial charge in [-0.1, -0.05) is 23.8 Å². The van der Waals surface area contributed by atoms with E-state index in [0.717, 1.165) is 17.7 Å². The van der Waals surface area contributed by atoms with Gasteiger partial charge in [0.05, 0.1) is 6.61 Å². The Balaban J connectivity index is 1.73. The second-order valence-corrected chi connectivity index (χ2v) is 5.35. The van der Waals surface area contributed by atoms with E-state index in [-0.39, 0.29) is 5.91 Å². The summed E-state index contributed by atoms with van der Waals surface area (Å²) in [4.78, 5) is 12.1. The van der Waals surface area contributed by atoms with E-state index >= 15 is 0 Å². The second-order valence-electron chi connectivity index (χ2n) is 5.35. The smallest absolute Gasteiger partial charge is 0.251 e. The summed E-state index contributed by atoms with van der Waals surface area (Å²) in [5.41, 5.74) is 9.06. The van der Waals surface area contributed by atoms with Crippen LogP contribution in [0.4, 0.5) is 5.69 Å². The summed E-state index contributed by atoms with van der Waals surface area (Å²) in [6.45, 7) is 5.07. The Bertz CT molecular complexity index is 636. The van der Waals surface area contributed by atoms with Crippen molar-refractivity contribution < 1.29 is 9.53 Å². The van der Waals surface area contributed by atoms with Crippen LogP contribution in [0.1, 0.15) is 27.9 Å². The first-order valence-electron chi connectivity index (χ1n) is 7.40. The van der Waals surface area contributed by atoms with Gasteiger partial charge in [-0.25, -0.2) is 0 Å². The van der Waals surface area contributed by atoms with Crippen LogP contribution in [0.5, 0.6) is 5.75 Å². The van der Waals surface area contributed by atoms with Crippen molar-refractivity contribution in [1.29, 1.82) is 0 Å². The highest BCUT2D eigenvalue weighted by atomic mass is 16.5. The standard InChI is InChI=1S/C18H22N2O2/c1-13-4-8-16(9-5-13)22-11-3-10-20-18(21)17-12-15(19)7-6-14(17)2/h4-9,12H,3,10-11,19H2,1-2H3,(H,20,21). The van der Waals surface area contributed by atoms with E-state index < -0.39 is 0 Å². The molecule has 0 heterocycles. The van der Waals surface area contributed by atoms with Crippen LogP contribution in [0, 0.1) is 13.8 Å². The fourth-order valence-electron chi connectivity index (χ4n) is 2.08. The third-order valence-corrected chi connectivity index (χ3v) is 3.40. The highest BCUT2D eigenvalue weighted by molar-refractivity contribution is 5.96. The molecule has 116 valence electrons. The van der Waals surface area contributed by atoms with Crippen LogP contribution in [-0.2, 0) is 0 Å². The summed E-state index contributed by atoms with van der Waals surface area (Å²) in [5.74, 6) is 0.753. The van der Waals surface area contributed by atoms with Crippen molar-refractivity contribution in [2.24, 2.45) is 0 Å². The van der Waals surface area contributed by atoms with E-state index in [1.807, 2.05) is 44.2 Å². The number of nitrogens with two attached hydrogens (primary N) is 1. The van der Waals surface area contributed by atoms with Crippen LogP contribution in [-0.4, -0.2) is 19.1 Å². The van der Waals surface area contributed by atoms with E-state index in [9.17, 15) is 4.79 Å². The summed E-state index contributed by atoms with van der Waals surface area (Å²) in [6.07, 6.45) is 0.751. The highest BCUT2D eigenvalue weighted by Gasteiger charge is 2.08. The van der Waals surface area contributed by atoms with E-state index in [2.05, 4.69) is 5.32 Å². The lowest BCUT2D eigenvalue weighted by molar-refractivity contribution is 0.0951. The molecule has 0 radical (unpaired) electrons. The zero-order valence-electron chi connectivity index (χ0n) is 13.1. The van der Waals surface area contributed by atoms with Crippen molar-refractivity contribution in [2.75, 3.05) is 18.9 Å². The molecule has 2 rings (SSSR count). The van der Waals surface area contributed by atoms with E-state index in [1.165, 1.54) is 5.56 Å².